The van der Waals surface area contributed by atoms with E-state index in [0.29, 0.717) is 27.6 Å². The number of halogens is 2. The molecule has 138 valence electrons. The van der Waals surface area contributed by atoms with Crippen LogP contribution in [0.3, 0.4) is 0 Å². The molecule has 0 bridgehead atoms. The topological polar surface area (TPSA) is 52.8 Å². The van der Waals surface area contributed by atoms with Crippen LogP contribution in [0.1, 0.15) is 0 Å². The third-order valence-electron chi connectivity index (χ3n) is 3.70. The molecule has 0 saturated heterocycles. The first-order valence-electron chi connectivity index (χ1n) is 8.21. The summed E-state index contributed by atoms with van der Waals surface area (Å²) in [5.74, 6) is 0. The largest absolute Gasteiger partial charge is 0.361 e. The fraction of sp³-hybridized carbons (Fsp3) is 0.353. The Balaban J connectivity index is 1.70. The van der Waals surface area contributed by atoms with Crippen LogP contribution in [0.2, 0.25) is 35.7 Å². The van der Waals surface area contributed by atoms with Crippen LogP contribution in [-0.4, -0.2) is 34.2 Å². The molecule has 0 saturated carbocycles. The second-order valence-corrected chi connectivity index (χ2v) is 14.5. The maximum Gasteiger partial charge on any atom is 0.194 e. The second-order valence-electron chi connectivity index (χ2n) is 7.08. The molecule has 2 aromatic heterocycles. The molecule has 0 N–H and O–H groups in total. The lowest BCUT2D eigenvalue weighted by Gasteiger charge is -2.15. The summed E-state index contributed by atoms with van der Waals surface area (Å²) in [6.07, 6.45) is 3.49. The van der Waals surface area contributed by atoms with Crippen LogP contribution in [0, 0.1) is 0 Å². The molecule has 0 spiro atoms. The zero-order valence-corrected chi connectivity index (χ0v) is 18.2. The van der Waals surface area contributed by atoms with E-state index in [2.05, 4.69) is 34.6 Å². The normalized spacial score (nSPS) is 12.0. The van der Waals surface area contributed by atoms with E-state index in [1.807, 2.05) is 16.7 Å². The van der Waals surface area contributed by atoms with Crippen molar-refractivity contribution in [3.63, 3.8) is 0 Å². The summed E-state index contributed by atoms with van der Waals surface area (Å²) in [6.45, 7) is 8.22. The van der Waals surface area contributed by atoms with Gasteiger partial charge in [-0.1, -0.05) is 48.9 Å². The summed E-state index contributed by atoms with van der Waals surface area (Å²) in [4.78, 5) is 14.1. The number of imidazole rings is 1. The minimum absolute atomic E-state index is 0.455. The van der Waals surface area contributed by atoms with Gasteiger partial charge in [-0.3, -0.25) is 0 Å². The van der Waals surface area contributed by atoms with E-state index in [1.54, 1.807) is 18.6 Å². The molecule has 3 aromatic rings. The average Bonchev–Trinajstić information content (AvgIpc) is 2.97. The Kier molecular flexibility index (Phi) is 6.24. The lowest BCUT2D eigenvalue weighted by atomic mass is 10.4. The average molecular weight is 427 g/mol. The van der Waals surface area contributed by atoms with Crippen LogP contribution < -0.4 is 0 Å². The standard InChI is InChI=1S/C17H20Cl2N4OSSi/c1-26(2,3)8-7-24-11-23-10-21-16-13(23)9-20-17(22-16)25-14-6-4-5-12(18)15(14)19/h4-6,9-10H,7-8,11H2,1-3H3. The van der Waals surface area contributed by atoms with Crippen LogP contribution in [0.25, 0.3) is 11.2 Å². The molecular weight excluding hydrogens is 407 g/mol. The molecule has 9 heteroatoms. The highest BCUT2D eigenvalue weighted by Gasteiger charge is 2.13. The molecule has 1 aromatic carbocycles. The third-order valence-corrected chi connectivity index (χ3v) is 7.28. The first-order chi connectivity index (χ1) is 12.3. The van der Waals surface area contributed by atoms with E-state index in [4.69, 9.17) is 27.9 Å². The second kappa shape index (κ2) is 8.27. The van der Waals surface area contributed by atoms with Crippen molar-refractivity contribution in [3.8, 4) is 0 Å². The molecule has 0 aliphatic carbocycles. The van der Waals surface area contributed by atoms with E-state index in [-0.39, 0.29) is 0 Å². The number of hydrogen-bond donors (Lipinski definition) is 0. The summed E-state index contributed by atoms with van der Waals surface area (Å²) >= 11 is 13.6. The van der Waals surface area contributed by atoms with Crippen molar-refractivity contribution in [3.05, 3.63) is 40.8 Å². The number of benzene rings is 1. The first kappa shape index (κ1) is 19.6. The van der Waals surface area contributed by atoms with Crippen molar-refractivity contribution in [2.24, 2.45) is 0 Å². The van der Waals surface area contributed by atoms with Crippen molar-refractivity contribution >= 4 is 54.2 Å². The van der Waals surface area contributed by atoms with Crippen molar-refractivity contribution in [2.75, 3.05) is 6.61 Å². The van der Waals surface area contributed by atoms with Crippen molar-refractivity contribution in [1.29, 1.82) is 0 Å². The zero-order chi connectivity index (χ0) is 18.7. The molecule has 0 aliphatic heterocycles. The van der Waals surface area contributed by atoms with Gasteiger partial charge in [0.05, 0.1) is 22.6 Å². The van der Waals surface area contributed by atoms with Gasteiger partial charge in [0, 0.05) is 19.6 Å². The summed E-state index contributed by atoms with van der Waals surface area (Å²) in [5, 5.41) is 1.59. The van der Waals surface area contributed by atoms with Crippen molar-refractivity contribution < 1.29 is 4.74 Å². The number of nitrogens with zero attached hydrogens (tertiary/aromatic N) is 4. The van der Waals surface area contributed by atoms with Crippen LogP contribution in [0.5, 0.6) is 0 Å². The maximum atomic E-state index is 6.23. The number of aromatic nitrogens is 4. The zero-order valence-electron chi connectivity index (χ0n) is 14.9. The van der Waals surface area contributed by atoms with Gasteiger partial charge in [-0.2, -0.15) is 0 Å². The van der Waals surface area contributed by atoms with Gasteiger partial charge in [-0.25, -0.2) is 15.0 Å². The molecular formula is C17H20Cl2N4OSSi. The third kappa shape index (κ3) is 4.98. The predicted octanol–water partition coefficient (Wildman–Crippen LogP) is 5.60. The number of ether oxygens (including phenoxy) is 1. The van der Waals surface area contributed by atoms with E-state index < -0.39 is 8.07 Å². The van der Waals surface area contributed by atoms with E-state index in [9.17, 15) is 0 Å². The van der Waals surface area contributed by atoms with Gasteiger partial charge in [-0.15, -0.1) is 0 Å². The van der Waals surface area contributed by atoms with Gasteiger partial charge < -0.3 is 9.30 Å². The van der Waals surface area contributed by atoms with Crippen molar-refractivity contribution in [2.45, 2.75) is 42.5 Å². The molecule has 0 unspecified atom stereocenters. The Bertz CT molecular complexity index is 913. The molecule has 0 fully saturated rings. The number of rotatable bonds is 7. The monoisotopic (exact) mass is 426 g/mol. The van der Waals surface area contributed by atoms with Crippen molar-refractivity contribution in [1.82, 2.24) is 19.5 Å². The molecule has 0 amide bonds. The Morgan fingerprint density at radius 3 is 2.77 bits per heavy atom. The van der Waals surface area contributed by atoms with Gasteiger partial charge >= 0.3 is 0 Å². The lowest BCUT2D eigenvalue weighted by molar-refractivity contribution is 0.0898. The highest BCUT2D eigenvalue weighted by Crippen LogP contribution is 2.35. The highest BCUT2D eigenvalue weighted by molar-refractivity contribution is 7.99. The fourth-order valence-corrected chi connectivity index (χ4v) is 4.20. The Hall–Kier alpha value is -1.12. The Morgan fingerprint density at radius 2 is 2.00 bits per heavy atom. The van der Waals surface area contributed by atoms with Gasteiger partial charge in [0.25, 0.3) is 0 Å². The van der Waals surface area contributed by atoms with Crippen LogP contribution >= 0.6 is 35.0 Å². The molecule has 3 rings (SSSR count). The molecule has 0 radical (unpaired) electrons. The van der Waals surface area contributed by atoms with Crippen LogP contribution in [0.4, 0.5) is 0 Å². The predicted molar refractivity (Wildman–Crippen MR) is 110 cm³/mol. The van der Waals surface area contributed by atoms with E-state index in [0.717, 1.165) is 23.1 Å². The SMILES string of the molecule is C[Si](C)(C)CCOCn1cnc2nc(Sc3cccc(Cl)c3Cl)ncc21. The maximum absolute atomic E-state index is 6.23. The van der Waals surface area contributed by atoms with Crippen LogP contribution in [-0.2, 0) is 11.5 Å². The summed E-state index contributed by atoms with van der Waals surface area (Å²) in [5.41, 5.74) is 1.48. The minimum atomic E-state index is -1.08. The minimum Gasteiger partial charge on any atom is -0.361 e. The molecule has 26 heavy (non-hydrogen) atoms. The quantitative estimate of drug-likeness (QED) is 0.279. The lowest BCUT2D eigenvalue weighted by Crippen LogP contribution is -2.21. The van der Waals surface area contributed by atoms with E-state index >= 15 is 0 Å². The van der Waals surface area contributed by atoms with Crippen LogP contribution in [0.15, 0.2) is 40.8 Å². The molecule has 0 aliphatic rings. The number of fused-ring (bicyclic) bond motifs is 1. The molecule has 0 atom stereocenters. The molecule has 5 nitrogen and oxygen atoms in total. The Morgan fingerprint density at radius 1 is 1.19 bits per heavy atom. The molecule has 2 heterocycles. The fourth-order valence-electron chi connectivity index (χ4n) is 2.19. The van der Waals surface area contributed by atoms with Gasteiger partial charge in [0.1, 0.15) is 12.2 Å². The highest BCUT2D eigenvalue weighted by atomic mass is 35.5. The van der Waals surface area contributed by atoms with Gasteiger partial charge in [0.15, 0.2) is 10.8 Å². The summed E-state index contributed by atoms with van der Waals surface area (Å²) < 4.78 is 7.70. The summed E-state index contributed by atoms with van der Waals surface area (Å²) in [6, 6.07) is 6.62. The van der Waals surface area contributed by atoms with E-state index in [1.165, 1.54) is 11.8 Å². The first-order valence-corrected chi connectivity index (χ1v) is 13.5. The van der Waals surface area contributed by atoms with Gasteiger partial charge in [-0.05, 0) is 29.9 Å². The summed E-state index contributed by atoms with van der Waals surface area (Å²) in [7, 11) is -1.08. The Labute approximate surface area is 168 Å². The van der Waals surface area contributed by atoms with Gasteiger partial charge in [0.2, 0.25) is 0 Å². The smallest absolute Gasteiger partial charge is 0.194 e. The number of hydrogen-bond acceptors (Lipinski definition) is 5.